The molecule has 1 aliphatic heterocycles. The highest BCUT2D eigenvalue weighted by Gasteiger charge is 2.59. The first-order chi connectivity index (χ1) is 15.1. The minimum Gasteiger partial charge on any atom is -0.493 e. The van der Waals surface area contributed by atoms with Gasteiger partial charge in [-0.3, -0.25) is 9.59 Å². The Labute approximate surface area is 179 Å². The summed E-state index contributed by atoms with van der Waals surface area (Å²) in [5, 5.41) is 5.22. The van der Waals surface area contributed by atoms with Crippen LogP contribution in [0.1, 0.15) is 17.5 Å². The predicted molar refractivity (Wildman–Crippen MR) is 111 cm³/mol. The van der Waals surface area contributed by atoms with Crippen LogP contribution < -0.4 is 9.47 Å². The van der Waals surface area contributed by atoms with Gasteiger partial charge in [0.2, 0.25) is 0 Å². The van der Waals surface area contributed by atoms with E-state index < -0.39 is 0 Å². The third kappa shape index (κ3) is 3.30. The van der Waals surface area contributed by atoms with E-state index in [0.29, 0.717) is 22.6 Å². The average molecular weight is 420 g/mol. The Balaban J connectivity index is 1.38. The van der Waals surface area contributed by atoms with Gasteiger partial charge in [-0.05, 0) is 48.1 Å². The fourth-order valence-corrected chi connectivity index (χ4v) is 4.85. The number of hydrogen-bond acceptors (Lipinski definition) is 5. The van der Waals surface area contributed by atoms with E-state index in [0.717, 1.165) is 11.4 Å². The van der Waals surface area contributed by atoms with Gasteiger partial charge in [0.25, 0.3) is 11.8 Å². The van der Waals surface area contributed by atoms with Crippen LogP contribution in [0.5, 0.6) is 11.5 Å². The summed E-state index contributed by atoms with van der Waals surface area (Å²) in [7, 11) is 1.52. The van der Waals surface area contributed by atoms with Crippen LogP contribution in [0.3, 0.4) is 0 Å². The molecule has 6 nitrogen and oxygen atoms in total. The first-order valence-electron chi connectivity index (χ1n) is 10.2. The summed E-state index contributed by atoms with van der Waals surface area (Å²) >= 11 is 0. The summed E-state index contributed by atoms with van der Waals surface area (Å²) in [6.45, 7) is 0.125. The third-order valence-electron chi connectivity index (χ3n) is 6.26. The molecule has 4 unspecified atom stereocenters. The second-order valence-corrected chi connectivity index (χ2v) is 8.03. The molecule has 31 heavy (non-hydrogen) atoms. The van der Waals surface area contributed by atoms with Gasteiger partial charge in [0.15, 0.2) is 11.5 Å². The highest BCUT2D eigenvalue weighted by Crippen LogP contribution is 2.52. The Morgan fingerprint density at radius 1 is 1.10 bits per heavy atom. The molecule has 1 saturated carbocycles. The number of methoxy groups -OCH3 is 1. The van der Waals surface area contributed by atoms with Gasteiger partial charge in [0.1, 0.15) is 12.4 Å². The summed E-state index contributed by atoms with van der Waals surface area (Å²) in [6.07, 6.45) is 6.41. The average Bonchev–Trinajstić information content (AvgIpc) is 3.45. The maximum atomic E-state index is 13.5. The van der Waals surface area contributed by atoms with E-state index in [-0.39, 0.29) is 47.9 Å². The molecule has 0 aromatic heterocycles. The molecule has 0 spiro atoms. The molecule has 2 bridgehead atoms. The molecule has 7 heteroatoms. The van der Waals surface area contributed by atoms with Gasteiger partial charge in [-0.15, -0.1) is 0 Å². The number of ether oxygens (including phenoxy) is 2. The van der Waals surface area contributed by atoms with Crippen LogP contribution in [-0.2, 0) is 16.2 Å². The van der Waals surface area contributed by atoms with E-state index in [1.54, 1.807) is 30.3 Å². The Hall–Kier alpha value is -3.48. The van der Waals surface area contributed by atoms with E-state index in [1.807, 2.05) is 12.2 Å². The molecule has 0 N–H and O–H groups in total. The standard InChI is InChI=1S/C24H21FN2O4/c1-30-19-7-3-5-17(22(19)31-13-14-4-2-6-18(25)10-14)12-26-27-23(28)20-15-8-9-16(11-15)21(20)24(27)29/h2-10,12,15-16,20-21H,11,13H2,1H3. The van der Waals surface area contributed by atoms with Crippen LogP contribution in [0.4, 0.5) is 4.39 Å². The lowest BCUT2D eigenvalue weighted by Gasteiger charge is -2.14. The minimum absolute atomic E-state index is 0.125. The van der Waals surface area contributed by atoms with Crippen molar-refractivity contribution in [1.82, 2.24) is 5.01 Å². The first kappa shape index (κ1) is 19.5. The number of fused-ring (bicyclic) bond motifs is 5. The smallest absolute Gasteiger partial charge is 0.254 e. The molecule has 158 valence electrons. The van der Waals surface area contributed by atoms with Gasteiger partial charge in [-0.2, -0.15) is 10.1 Å². The molecule has 2 fully saturated rings. The van der Waals surface area contributed by atoms with E-state index >= 15 is 0 Å². The van der Waals surface area contributed by atoms with Gasteiger partial charge in [-0.1, -0.05) is 30.4 Å². The number of rotatable bonds is 6. The fraction of sp³-hybridized carbons (Fsp3) is 0.292. The quantitative estimate of drug-likeness (QED) is 0.407. The number of benzene rings is 2. The van der Waals surface area contributed by atoms with Crippen molar-refractivity contribution in [3.8, 4) is 11.5 Å². The largest absolute Gasteiger partial charge is 0.493 e. The molecule has 2 aromatic carbocycles. The van der Waals surface area contributed by atoms with E-state index in [9.17, 15) is 14.0 Å². The molecule has 4 atom stereocenters. The van der Waals surface area contributed by atoms with Crippen molar-refractivity contribution in [3.05, 3.63) is 71.6 Å². The van der Waals surface area contributed by atoms with Gasteiger partial charge in [0, 0.05) is 5.56 Å². The zero-order valence-corrected chi connectivity index (χ0v) is 16.9. The molecule has 1 saturated heterocycles. The number of allylic oxidation sites excluding steroid dienone is 2. The number of para-hydroxylation sites is 1. The normalized spacial score (nSPS) is 26.2. The number of hydrogen-bond donors (Lipinski definition) is 0. The van der Waals surface area contributed by atoms with Crippen LogP contribution >= 0.6 is 0 Å². The van der Waals surface area contributed by atoms with Crippen molar-refractivity contribution in [3.63, 3.8) is 0 Å². The molecule has 1 heterocycles. The van der Waals surface area contributed by atoms with E-state index in [2.05, 4.69) is 5.10 Å². The zero-order valence-electron chi connectivity index (χ0n) is 16.9. The summed E-state index contributed by atoms with van der Waals surface area (Å²) in [5.74, 6) is -0.286. The maximum Gasteiger partial charge on any atom is 0.254 e. The van der Waals surface area contributed by atoms with E-state index in [4.69, 9.17) is 9.47 Å². The lowest BCUT2D eigenvalue weighted by atomic mass is 9.85. The molecule has 2 aliphatic carbocycles. The van der Waals surface area contributed by atoms with Gasteiger partial charge in [0.05, 0.1) is 25.2 Å². The van der Waals surface area contributed by atoms with Crippen LogP contribution in [0.2, 0.25) is 0 Å². The summed E-state index contributed by atoms with van der Waals surface area (Å²) in [4.78, 5) is 25.7. The molecular weight excluding hydrogens is 399 g/mol. The second-order valence-electron chi connectivity index (χ2n) is 8.03. The van der Waals surface area contributed by atoms with Gasteiger partial charge in [-0.25, -0.2) is 4.39 Å². The SMILES string of the molecule is COc1cccc(C=NN2C(=O)C3C4C=CC(C4)C3C2=O)c1OCc1cccc(F)c1. The minimum atomic E-state index is -0.344. The molecule has 5 rings (SSSR count). The third-order valence-corrected chi connectivity index (χ3v) is 6.26. The zero-order chi connectivity index (χ0) is 21.5. The van der Waals surface area contributed by atoms with Crippen molar-refractivity contribution in [2.24, 2.45) is 28.8 Å². The molecule has 2 amide bonds. The Morgan fingerprint density at radius 2 is 1.81 bits per heavy atom. The van der Waals surface area contributed by atoms with Crippen molar-refractivity contribution in [1.29, 1.82) is 0 Å². The van der Waals surface area contributed by atoms with Crippen molar-refractivity contribution >= 4 is 18.0 Å². The Morgan fingerprint density at radius 3 is 2.48 bits per heavy atom. The number of halogens is 1. The monoisotopic (exact) mass is 420 g/mol. The van der Waals surface area contributed by atoms with Crippen molar-refractivity contribution < 1.29 is 23.5 Å². The number of carbonyl (C=O) groups excluding carboxylic acids is 2. The van der Waals surface area contributed by atoms with Crippen molar-refractivity contribution in [2.75, 3.05) is 7.11 Å². The predicted octanol–water partition coefficient (Wildman–Crippen LogP) is 3.55. The number of hydrazone groups is 1. The van der Waals surface area contributed by atoms with Crippen LogP contribution in [-0.4, -0.2) is 30.1 Å². The number of imide groups is 1. The second kappa shape index (κ2) is 7.65. The molecule has 2 aromatic rings. The lowest BCUT2D eigenvalue weighted by molar-refractivity contribution is -0.140. The summed E-state index contributed by atoms with van der Waals surface area (Å²) in [5.41, 5.74) is 1.21. The van der Waals surface area contributed by atoms with Crippen LogP contribution in [0.15, 0.2) is 59.7 Å². The summed E-state index contributed by atoms with van der Waals surface area (Å²) in [6, 6.07) is 11.4. The maximum absolute atomic E-state index is 13.5. The highest BCUT2D eigenvalue weighted by atomic mass is 19.1. The van der Waals surface area contributed by atoms with Gasteiger partial charge < -0.3 is 9.47 Å². The topological polar surface area (TPSA) is 68.2 Å². The molecule has 3 aliphatic rings. The Bertz CT molecular complexity index is 1080. The van der Waals surface area contributed by atoms with Crippen LogP contribution in [0, 0.1) is 29.5 Å². The van der Waals surface area contributed by atoms with Crippen molar-refractivity contribution in [2.45, 2.75) is 13.0 Å². The first-order valence-corrected chi connectivity index (χ1v) is 10.2. The number of amides is 2. The molecular formula is C24H21FN2O4. The Kier molecular flexibility index (Phi) is 4.81. The van der Waals surface area contributed by atoms with E-state index in [1.165, 1.54) is 25.5 Å². The summed E-state index contributed by atoms with van der Waals surface area (Å²) < 4.78 is 24.8. The fourth-order valence-electron chi connectivity index (χ4n) is 4.85. The number of nitrogens with zero attached hydrogens (tertiary/aromatic N) is 2. The number of carbonyl (C=O) groups is 2. The molecule has 0 radical (unpaired) electrons. The highest BCUT2D eigenvalue weighted by molar-refractivity contribution is 6.07. The lowest BCUT2D eigenvalue weighted by Crippen LogP contribution is -2.28. The van der Waals surface area contributed by atoms with Gasteiger partial charge >= 0.3 is 0 Å². The van der Waals surface area contributed by atoms with Crippen LogP contribution in [0.25, 0.3) is 0 Å².